The predicted octanol–water partition coefficient (Wildman–Crippen LogP) is 1.18. The summed E-state index contributed by atoms with van der Waals surface area (Å²) in [6.07, 6.45) is 3.94. The first-order valence-corrected chi connectivity index (χ1v) is 6.43. The lowest BCUT2D eigenvalue weighted by Crippen LogP contribution is -2.18. The minimum atomic E-state index is 0.199. The van der Waals surface area contributed by atoms with E-state index in [0.717, 1.165) is 24.4 Å². The molecule has 1 aromatic rings. The van der Waals surface area contributed by atoms with Gasteiger partial charge in [0, 0.05) is 41.9 Å². The summed E-state index contributed by atoms with van der Waals surface area (Å²) in [7, 11) is 0. The van der Waals surface area contributed by atoms with Crippen LogP contribution in [0.4, 0.5) is 5.82 Å². The van der Waals surface area contributed by atoms with Gasteiger partial charge in [-0.2, -0.15) is 0 Å². The number of allylic oxidation sites excluding steroid dienone is 1. The molecule has 0 saturated carbocycles. The number of nitrogens with zero attached hydrogens (tertiary/aromatic N) is 3. The molecular weight excluding hydrogens is 236 g/mol. The number of aliphatic hydroxyl groups is 1. The van der Waals surface area contributed by atoms with Crippen molar-refractivity contribution in [3.63, 3.8) is 0 Å². The van der Waals surface area contributed by atoms with Crippen molar-refractivity contribution in [2.45, 2.75) is 19.9 Å². The fourth-order valence-electron chi connectivity index (χ4n) is 1.75. The molecule has 1 aliphatic rings. The Morgan fingerprint density at radius 3 is 3.12 bits per heavy atom. The van der Waals surface area contributed by atoms with Gasteiger partial charge in [-0.1, -0.05) is 0 Å². The van der Waals surface area contributed by atoms with Crippen LogP contribution in [0, 0.1) is 0 Å². The molecule has 2 heterocycles. The smallest absolute Gasteiger partial charge is 0.131 e. The predicted molar refractivity (Wildman–Crippen MR) is 68.8 cm³/mol. The molecule has 3 N–H and O–H groups in total. The molecule has 17 heavy (non-hydrogen) atoms. The zero-order valence-electron chi connectivity index (χ0n) is 9.76. The highest BCUT2D eigenvalue weighted by Crippen LogP contribution is 2.34. The zero-order valence-corrected chi connectivity index (χ0v) is 10.6. The van der Waals surface area contributed by atoms with Gasteiger partial charge in [-0.3, -0.25) is 0 Å². The molecule has 0 aliphatic carbocycles. The van der Waals surface area contributed by atoms with Crippen LogP contribution in [0.15, 0.2) is 23.1 Å². The van der Waals surface area contributed by atoms with Gasteiger partial charge in [0.25, 0.3) is 0 Å². The van der Waals surface area contributed by atoms with Crippen molar-refractivity contribution in [3.8, 4) is 0 Å². The maximum atomic E-state index is 8.96. The van der Waals surface area contributed by atoms with Gasteiger partial charge in [0.2, 0.25) is 0 Å². The molecule has 0 unspecified atom stereocenters. The van der Waals surface area contributed by atoms with Crippen LogP contribution in [-0.4, -0.2) is 32.5 Å². The van der Waals surface area contributed by atoms with E-state index in [9.17, 15) is 0 Å². The molecule has 0 aromatic carbocycles. The van der Waals surface area contributed by atoms with Crippen LogP contribution in [0.2, 0.25) is 0 Å². The maximum Gasteiger partial charge on any atom is 0.131 e. The van der Waals surface area contributed by atoms with Crippen LogP contribution in [0.5, 0.6) is 0 Å². The molecule has 1 aliphatic heterocycles. The van der Waals surface area contributed by atoms with Crippen molar-refractivity contribution in [1.29, 1.82) is 0 Å². The first-order valence-electron chi connectivity index (χ1n) is 5.45. The van der Waals surface area contributed by atoms with E-state index >= 15 is 0 Å². The van der Waals surface area contributed by atoms with E-state index in [4.69, 9.17) is 10.8 Å². The van der Waals surface area contributed by atoms with Gasteiger partial charge in [0.05, 0.1) is 5.88 Å². The van der Waals surface area contributed by atoms with E-state index in [-0.39, 0.29) is 6.61 Å². The van der Waals surface area contributed by atoms with E-state index in [1.165, 1.54) is 16.9 Å². The summed E-state index contributed by atoms with van der Waals surface area (Å²) >= 11 is 1.77. The number of nitrogen functional groups attached to an aromatic ring is 1. The molecule has 0 fully saturated rings. The minimum Gasteiger partial charge on any atom is -0.396 e. The molecule has 0 saturated heterocycles. The third-order valence-corrected chi connectivity index (χ3v) is 4.08. The molecule has 0 radical (unpaired) electrons. The number of thioether (sulfide) groups is 1. The van der Waals surface area contributed by atoms with Gasteiger partial charge >= 0.3 is 0 Å². The number of hydrogen-bond acceptors (Lipinski definition) is 6. The standard InChI is InChI=1S/C11H16N4OS/c1-8-10(2-3-16)17-7-15(8)5-9-4-13-6-14-11(9)12/h4,6,16H,2-3,5,7H2,1H3,(H2,12,13,14). The Kier molecular flexibility index (Phi) is 3.86. The highest BCUT2D eigenvalue weighted by atomic mass is 32.2. The molecule has 0 bridgehead atoms. The monoisotopic (exact) mass is 252 g/mol. The quantitative estimate of drug-likeness (QED) is 0.838. The molecule has 0 amide bonds. The van der Waals surface area contributed by atoms with Crippen LogP contribution in [0.1, 0.15) is 18.9 Å². The zero-order chi connectivity index (χ0) is 12.3. The van der Waals surface area contributed by atoms with Crippen molar-refractivity contribution in [2.24, 2.45) is 0 Å². The number of anilines is 1. The summed E-state index contributed by atoms with van der Waals surface area (Å²) in [5, 5.41) is 8.96. The van der Waals surface area contributed by atoms with Crippen molar-refractivity contribution in [3.05, 3.63) is 28.7 Å². The number of nitrogens with two attached hydrogens (primary N) is 1. The van der Waals surface area contributed by atoms with Gasteiger partial charge in [0.15, 0.2) is 0 Å². The van der Waals surface area contributed by atoms with E-state index < -0.39 is 0 Å². The highest BCUT2D eigenvalue weighted by molar-refractivity contribution is 8.03. The second-order valence-electron chi connectivity index (χ2n) is 3.89. The van der Waals surface area contributed by atoms with Gasteiger partial charge in [-0.25, -0.2) is 9.97 Å². The highest BCUT2D eigenvalue weighted by Gasteiger charge is 2.20. The van der Waals surface area contributed by atoms with Crippen LogP contribution >= 0.6 is 11.8 Å². The summed E-state index contributed by atoms with van der Waals surface area (Å²) < 4.78 is 0. The van der Waals surface area contributed by atoms with Crippen LogP contribution < -0.4 is 5.73 Å². The lowest BCUT2D eigenvalue weighted by molar-refractivity contribution is 0.300. The number of aromatic nitrogens is 2. The fourth-order valence-corrected chi connectivity index (χ4v) is 2.92. The van der Waals surface area contributed by atoms with Crippen LogP contribution in [0.3, 0.4) is 0 Å². The topological polar surface area (TPSA) is 75.3 Å². The Bertz CT molecular complexity index is 435. The third kappa shape index (κ3) is 2.70. The van der Waals surface area contributed by atoms with Crippen molar-refractivity contribution < 1.29 is 5.11 Å². The summed E-state index contributed by atoms with van der Waals surface area (Å²) in [6, 6.07) is 0. The number of rotatable bonds is 4. The molecule has 2 rings (SSSR count). The molecule has 5 nitrogen and oxygen atoms in total. The van der Waals surface area contributed by atoms with Crippen molar-refractivity contribution in [1.82, 2.24) is 14.9 Å². The lowest BCUT2D eigenvalue weighted by Gasteiger charge is -2.19. The molecule has 0 spiro atoms. The van der Waals surface area contributed by atoms with Gasteiger partial charge in [0.1, 0.15) is 12.1 Å². The molecule has 92 valence electrons. The molecular formula is C11H16N4OS. The van der Waals surface area contributed by atoms with E-state index in [1.807, 2.05) is 0 Å². The first kappa shape index (κ1) is 12.2. The van der Waals surface area contributed by atoms with E-state index in [2.05, 4.69) is 21.8 Å². The molecule has 6 heteroatoms. The Morgan fingerprint density at radius 1 is 1.59 bits per heavy atom. The van der Waals surface area contributed by atoms with Gasteiger partial charge in [-0.15, -0.1) is 11.8 Å². The van der Waals surface area contributed by atoms with Crippen LogP contribution in [-0.2, 0) is 6.54 Å². The third-order valence-electron chi connectivity index (χ3n) is 2.80. The maximum absolute atomic E-state index is 8.96. The summed E-state index contributed by atoms with van der Waals surface area (Å²) in [5.74, 6) is 1.43. The summed E-state index contributed by atoms with van der Waals surface area (Å²) in [5.41, 5.74) is 7.95. The summed E-state index contributed by atoms with van der Waals surface area (Å²) in [6.45, 7) is 3.00. The largest absolute Gasteiger partial charge is 0.396 e. The van der Waals surface area contributed by atoms with Gasteiger partial charge < -0.3 is 15.7 Å². The lowest BCUT2D eigenvalue weighted by atomic mass is 10.2. The number of hydrogen-bond donors (Lipinski definition) is 2. The van der Waals surface area contributed by atoms with Crippen LogP contribution in [0.25, 0.3) is 0 Å². The van der Waals surface area contributed by atoms with E-state index in [1.54, 1.807) is 18.0 Å². The Balaban J connectivity index is 2.09. The molecule has 1 aromatic heterocycles. The average Bonchev–Trinajstić information content (AvgIpc) is 2.65. The molecule has 0 atom stereocenters. The van der Waals surface area contributed by atoms with Crippen molar-refractivity contribution >= 4 is 17.6 Å². The van der Waals surface area contributed by atoms with Crippen molar-refractivity contribution in [2.75, 3.05) is 18.2 Å². The minimum absolute atomic E-state index is 0.199. The Labute approximate surface area is 105 Å². The SMILES string of the molecule is CC1=C(CCO)SCN1Cc1cncnc1N. The second kappa shape index (κ2) is 5.37. The first-order chi connectivity index (χ1) is 8.22. The Hall–Kier alpha value is -1.27. The summed E-state index contributed by atoms with van der Waals surface area (Å²) in [4.78, 5) is 11.4. The fraction of sp³-hybridized carbons (Fsp3) is 0.455. The second-order valence-corrected chi connectivity index (χ2v) is 4.93. The normalized spacial score (nSPS) is 15.8. The number of aliphatic hydroxyl groups excluding tert-OH is 1. The van der Waals surface area contributed by atoms with E-state index in [0.29, 0.717) is 5.82 Å². The van der Waals surface area contributed by atoms with Gasteiger partial charge in [-0.05, 0) is 6.92 Å². The Morgan fingerprint density at radius 2 is 2.41 bits per heavy atom. The average molecular weight is 252 g/mol.